The van der Waals surface area contributed by atoms with Gasteiger partial charge in [0.1, 0.15) is 18.2 Å². The van der Waals surface area contributed by atoms with Crippen molar-refractivity contribution in [2.45, 2.75) is 39.2 Å². The van der Waals surface area contributed by atoms with E-state index in [-0.39, 0.29) is 29.9 Å². The van der Waals surface area contributed by atoms with Crippen LogP contribution in [0.1, 0.15) is 54.1 Å². The molecule has 34 heavy (non-hydrogen) atoms. The number of aromatic hydroxyl groups is 1. The Hall–Kier alpha value is -3.95. The van der Waals surface area contributed by atoms with Crippen LogP contribution in [-0.4, -0.2) is 45.6 Å². The van der Waals surface area contributed by atoms with Gasteiger partial charge in [0.2, 0.25) is 0 Å². The fourth-order valence-corrected chi connectivity index (χ4v) is 4.20. The number of nitrogens with one attached hydrogen (secondary N) is 2. The predicted molar refractivity (Wildman–Crippen MR) is 126 cm³/mol. The van der Waals surface area contributed by atoms with Gasteiger partial charge in [-0.15, -0.1) is 0 Å². The number of carbonyl (C=O) groups is 1. The molecule has 0 unspecified atom stereocenters. The minimum absolute atomic E-state index is 0.122. The van der Waals surface area contributed by atoms with Gasteiger partial charge < -0.3 is 25.1 Å². The van der Waals surface area contributed by atoms with Gasteiger partial charge in [-0.2, -0.15) is 0 Å². The second-order valence-electron chi connectivity index (χ2n) is 8.41. The van der Waals surface area contributed by atoms with E-state index < -0.39 is 0 Å². The monoisotopic (exact) mass is 461 g/mol. The molecule has 1 saturated heterocycles. The number of furan rings is 1. The summed E-state index contributed by atoms with van der Waals surface area (Å²) in [4.78, 5) is 32.4. The topological polar surface area (TPSA) is 128 Å². The molecule has 5 rings (SSSR count). The number of hydrogen-bond donors (Lipinski definition) is 3. The van der Waals surface area contributed by atoms with E-state index in [1.54, 1.807) is 23.1 Å². The van der Waals surface area contributed by atoms with Crippen molar-refractivity contribution in [3.63, 3.8) is 0 Å². The smallest absolute Gasteiger partial charge is 0.257 e. The maximum Gasteiger partial charge on any atom is 0.257 e. The zero-order chi connectivity index (χ0) is 23.7. The van der Waals surface area contributed by atoms with Crippen LogP contribution in [0, 0.1) is 6.92 Å². The van der Waals surface area contributed by atoms with E-state index in [9.17, 15) is 9.90 Å². The Balaban J connectivity index is 1.49. The predicted octanol–water partition coefficient (Wildman–Crippen LogP) is 2.84. The van der Waals surface area contributed by atoms with E-state index in [2.05, 4.69) is 30.6 Å². The fourth-order valence-electron chi connectivity index (χ4n) is 4.20. The van der Waals surface area contributed by atoms with Crippen molar-refractivity contribution in [2.24, 2.45) is 9.98 Å². The first-order valence-corrected chi connectivity index (χ1v) is 11.5. The Kier molecular flexibility index (Phi) is 5.87. The number of para-hydroxylation sites is 1. The van der Waals surface area contributed by atoms with Gasteiger partial charge in [0, 0.05) is 13.1 Å². The van der Waals surface area contributed by atoms with Gasteiger partial charge in [-0.3, -0.25) is 4.79 Å². The lowest BCUT2D eigenvalue weighted by Gasteiger charge is -2.19. The van der Waals surface area contributed by atoms with Gasteiger partial charge in [0.15, 0.2) is 28.4 Å². The van der Waals surface area contributed by atoms with Crippen LogP contribution < -0.4 is 21.6 Å². The number of benzene rings is 1. The lowest BCUT2D eigenvalue weighted by Crippen LogP contribution is -2.31. The lowest BCUT2D eigenvalue weighted by atomic mass is 10.1. The van der Waals surface area contributed by atoms with Gasteiger partial charge in [-0.1, -0.05) is 13.0 Å². The molecule has 4 heterocycles. The molecule has 1 fully saturated rings. The van der Waals surface area contributed by atoms with Crippen molar-refractivity contribution >= 4 is 23.2 Å². The number of hydrogen-bond acceptors (Lipinski definition) is 9. The second kappa shape index (κ2) is 9.12. The van der Waals surface area contributed by atoms with Gasteiger partial charge in [-0.05, 0) is 50.5 Å². The average Bonchev–Trinajstić information content (AvgIpc) is 3.60. The van der Waals surface area contributed by atoms with Crippen molar-refractivity contribution in [3.8, 4) is 5.75 Å². The number of anilines is 3. The molecular weight excluding hydrogens is 434 g/mol. The van der Waals surface area contributed by atoms with E-state index in [0.29, 0.717) is 41.4 Å². The SMILES string of the molecule is CC[C@@H](Nc1nc2c(nc1Nc1cccc(C(=O)N3CCCC3)c1O)=NCN=2)c1ccc(C)o1. The molecule has 10 nitrogen and oxygen atoms in total. The number of nitrogens with zero attached hydrogens (tertiary/aromatic N) is 5. The molecule has 3 N–H and O–H groups in total. The summed E-state index contributed by atoms with van der Waals surface area (Å²) in [6.45, 7) is 5.63. The number of likely N-dealkylation sites (tertiary alicyclic amines) is 1. The molecule has 1 aromatic carbocycles. The molecule has 0 aliphatic carbocycles. The summed E-state index contributed by atoms with van der Waals surface area (Å²) in [6, 6.07) is 8.78. The van der Waals surface area contributed by atoms with Crippen LogP contribution in [0.15, 0.2) is 44.7 Å². The van der Waals surface area contributed by atoms with Crippen molar-refractivity contribution in [1.29, 1.82) is 0 Å². The van der Waals surface area contributed by atoms with Crippen molar-refractivity contribution in [2.75, 3.05) is 30.4 Å². The van der Waals surface area contributed by atoms with Crippen LogP contribution in [0.25, 0.3) is 0 Å². The molecule has 1 amide bonds. The Morgan fingerprint density at radius 3 is 2.53 bits per heavy atom. The highest BCUT2D eigenvalue weighted by molar-refractivity contribution is 5.99. The van der Waals surface area contributed by atoms with E-state index in [1.165, 1.54) is 0 Å². The summed E-state index contributed by atoms with van der Waals surface area (Å²) >= 11 is 0. The Bertz CT molecular complexity index is 1350. The van der Waals surface area contributed by atoms with Gasteiger partial charge in [-0.25, -0.2) is 20.0 Å². The van der Waals surface area contributed by atoms with Crippen LogP contribution in [-0.2, 0) is 0 Å². The fraction of sp³-hybridized carbons (Fsp3) is 0.375. The quantitative estimate of drug-likeness (QED) is 0.462. The standard InChI is InChI=1S/C24H27N7O3/c1-3-16(18-10-9-14(2)34-18)27-22-23(30-21-20(29-22)25-13-26-21)28-17-8-6-7-15(19(17)32)24(33)31-11-4-5-12-31/h6-10,16,32H,3-5,11-13H2,1-2H3,(H,25,27,29)(H,26,28,30)/t16-/m1/s1. The van der Waals surface area contributed by atoms with Crippen molar-refractivity contribution < 1.29 is 14.3 Å². The minimum Gasteiger partial charge on any atom is -0.505 e. The third-order valence-electron chi connectivity index (χ3n) is 6.04. The normalized spacial score (nSPS) is 15.4. The van der Waals surface area contributed by atoms with Crippen LogP contribution in [0.3, 0.4) is 0 Å². The third-order valence-corrected chi connectivity index (χ3v) is 6.04. The van der Waals surface area contributed by atoms with Crippen molar-refractivity contribution in [1.82, 2.24) is 14.9 Å². The average molecular weight is 462 g/mol. The minimum atomic E-state index is -0.176. The van der Waals surface area contributed by atoms with E-state index in [1.807, 2.05) is 26.0 Å². The highest BCUT2D eigenvalue weighted by Crippen LogP contribution is 2.33. The first-order valence-electron chi connectivity index (χ1n) is 11.5. The number of amides is 1. The number of phenolic OH excluding ortho intramolecular Hbond substituents is 1. The molecular formula is C24H27N7O3. The van der Waals surface area contributed by atoms with Crippen LogP contribution in [0.4, 0.5) is 17.3 Å². The Labute approximate surface area is 196 Å². The molecule has 2 aromatic heterocycles. The summed E-state index contributed by atoms with van der Waals surface area (Å²) in [7, 11) is 0. The van der Waals surface area contributed by atoms with E-state index >= 15 is 0 Å². The summed E-state index contributed by atoms with van der Waals surface area (Å²) in [5.41, 5.74) is 1.51. The molecule has 176 valence electrons. The summed E-state index contributed by atoms with van der Waals surface area (Å²) in [5, 5.41) is 17.5. The molecule has 0 radical (unpaired) electrons. The van der Waals surface area contributed by atoms with E-state index in [0.717, 1.165) is 30.8 Å². The van der Waals surface area contributed by atoms with Gasteiger partial charge in [0.05, 0.1) is 17.3 Å². The maximum absolute atomic E-state index is 12.9. The lowest BCUT2D eigenvalue weighted by molar-refractivity contribution is 0.0790. The Morgan fingerprint density at radius 2 is 1.85 bits per heavy atom. The number of fused-ring (bicyclic) bond motifs is 1. The summed E-state index contributed by atoms with van der Waals surface area (Å²) < 4.78 is 5.81. The van der Waals surface area contributed by atoms with Crippen molar-refractivity contribution in [3.05, 3.63) is 58.4 Å². The van der Waals surface area contributed by atoms with E-state index in [4.69, 9.17) is 4.42 Å². The molecule has 3 aromatic rings. The summed E-state index contributed by atoms with van der Waals surface area (Å²) in [5.74, 6) is 2.15. The zero-order valence-corrected chi connectivity index (χ0v) is 19.2. The van der Waals surface area contributed by atoms with Gasteiger partial charge >= 0.3 is 0 Å². The molecule has 1 atom stereocenters. The number of carbonyl (C=O) groups excluding carboxylic acids is 1. The highest BCUT2D eigenvalue weighted by atomic mass is 16.3. The number of phenols is 1. The van der Waals surface area contributed by atoms with Gasteiger partial charge in [0.25, 0.3) is 5.91 Å². The molecule has 0 saturated carbocycles. The maximum atomic E-state index is 12.9. The highest BCUT2D eigenvalue weighted by Gasteiger charge is 2.24. The van der Waals surface area contributed by atoms with Crippen LogP contribution in [0.5, 0.6) is 5.75 Å². The molecule has 0 spiro atoms. The number of aromatic nitrogens is 2. The first-order chi connectivity index (χ1) is 16.5. The Morgan fingerprint density at radius 1 is 1.12 bits per heavy atom. The van der Waals surface area contributed by atoms with Crippen LogP contribution >= 0.6 is 0 Å². The molecule has 2 aliphatic heterocycles. The second-order valence-corrected chi connectivity index (χ2v) is 8.41. The first kappa shape index (κ1) is 21.9. The number of aryl methyl sites for hydroxylation is 1. The molecule has 2 aliphatic rings. The zero-order valence-electron chi connectivity index (χ0n) is 19.2. The van der Waals surface area contributed by atoms with Crippen LogP contribution in [0.2, 0.25) is 0 Å². The largest absolute Gasteiger partial charge is 0.505 e. The molecule has 0 bridgehead atoms. The molecule has 10 heteroatoms. The third kappa shape index (κ3) is 4.18. The summed E-state index contributed by atoms with van der Waals surface area (Å²) in [6.07, 6.45) is 2.71. The number of rotatable bonds is 7.